The molecule has 0 N–H and O–H groups in total. The lowest BCUT2D eigenvalue weighted by molar-refractivity contribution is 0.287. The first-order chi connectivity index (χ1) is 10.4. The lowest BCUT2D eigenvalue weighted by atomic mass is 10.3. The van der Waals surface area contributed by atoms with Gasteiger partial charge in [0.2, 0.25) is 10.0 Å². The largest absolute Gasteiger partial charge is 0.492 e. The molecule has 2 aromatic carbocycles. The SMILES string of the molecule is CN(CCOc1ccc(Cl)cc1)S(=O)(=O)c1cccc(Cl)c1. The van der Waals surface area contributed by atoms with Gasteiger partial charge in [-0.05, 0) is 42.5 Å². The maximum Gasteiger partial charge on any atom is 0.242 e. The summed E-state index contributed by atoms with van der Waals surface area (Å²) in [5.41, 5.74) is 0. The minimum atomic E-state index is -3.57. The third kappa shape index (κ3) is 4.36. The van der Waals surface area contributed by atoms with Crippen LogP contribution in [0.3, 0.4) is 0 Å². The third-order valence-corrected chi connectivity index (χ3v) is 5.33. The van der Waals surface area contributed by atoms with Crippen LogP contribution in [0.1, 0.15) is 0 Å². The molecule has 0 bridgehead atoms. The minimum absolute atomic E-state index is 0.161. The first-order valence-electron chi connectivity index (χ1n) is 6.50. The number of sulfonamides is 1. The molecule has 0 radical (unpaired) electrons. The highest BCUT2D eigenvalue weighted by atomic mass is 35.5. The minimum Gasteiger partial charge on any atom is -0.492 e. The van der Waals surface area contributed by atoms with E-state index in [2.05, 4.69) is 0 Å². The van der Waals surface area contributed by atoms with Crippen molar-refractivity contribution in [2.24, 2.45) is 0 Å². The second kappa shape index (κ2) is 7.33. The molecular weight excluding hydrogens is 345 g/mol. The second-order valence-electron chi connectivity index (χ2n) is 4.59. The molecule has 2 rings (SSSR count). The fourth-order valence-electron chi connectivity index (χ4n) is 1.75. The van der Waals surface area contributed by atoms with Gasteiger partial charge < -0.3 is 4.74 Å². The van der Waals surface area contributed by atoms with Crippen LogP contribution in [0.5, 0.6) is 5.75 Å². The van der Waals surface area contributed by atoms with Gasteiger partial charge in [0.05, 0.1) is 4.90 Å². The highest BCUT2D eigenvalue weighted by Crippen LogP contribution is 2.19. The number of hydrogen-bond donors (Lipinski definition) is 0. The molecule has 0 aromatic heterocycles. The summed E-state index contributed by atoms with van der Waals surface area (Å²) in [6, 6.07) is 13.1. The van der Waals surface area contributed by atoms with E-state index < -0.39 is 10.0 Å². The van der Waals surface area contributed by atoms with Crippen molar-refractivity contribution in [2.45, 2.75) is 4.90 Å². The lowest BCUT2D eigenvalue weighted by Gasteiger charge is -2.17. The molecule has 118 valence electrons. The molecule has 0 saturated heterocycles. The number of hydrogen-bond acceptors (Lipinski definition) is 3. The highest BCUT2D eigenvalue weighted by Gasteiger charge is 2.20. The predicted molar refractivity (Wildman–Crippen MR) is 88.2 cm³/mol. The molecule has 0 heterocycles. The molecule has 0 fully saturated rings. The van der Waals surface area contributed by atoms with E-state index in [0.29, 0.717) is 15.8 Å². The Labute approximate surface area is 140 Å². The molecule has 4 nitrogen and oxygen atoms in total. The van der Waals surface area contributed by atoms with E-state index in [1.165, 1.54) is 23.5 Å². The maximum absolute atomic E-state index is 12.4. The molecule has 0 spiro atoms. The molecule has 22 heavy (non-hydrogen) atoms. The van der Waals surface area contributed by atoms with Gasteiger partial charge >= 0.3 is 0 Å². The van der Waals surface area contributed by atoms with Crippen LogP contribution in [0.2, 0.25) is 10.0 Å². The quantitative estimate of drug-likeness (QED) is 0.789. The molecule has 0 aliphatic heterocycles. The summed E-state index contributed by atoms with van der Waals surface area (Å²) in [7, 11) is -2.07. The van der Waals surface area contributed by atoms with Gasteiger partial charge in [-0.1, -0.05) is 29.3 Å². The molecule has 0 saturated carbocycles. The van der Waals surface area contributed by atoms with Crippen molar-refractivity contribution in [2.75, 3.05) is 20.2 Å². The predicted octanol–water partition coefficient (Wildman–Crippen LogP) is 3.69. The van der Waals surface area contributed by atoms with Gasteiger partial charge in [0.15, 0.2) is 0 Å². The standard InChI is InChI=1S/C15H15Cl2NO3S/c1-18(9-10-21-14-7-5-12(16)6-8-14)22(19,20)15-4-2-3-13(17)11-15/h2-8,11H,9-10H2,1H3. The first kappa shape index (κ1) is 17.1. The van der Waals surface area contributed by atoms with Crippen LogP contribution in [0.25, 0.3) is 0 Å². The normalized spacial score (nSPS) is 11.6. The summed E-state index contributed by atoms with van der Waals surface area (Å²) in [6.07, 6.45) is 0. The maximum atomic E-state index is 12.4. The number of benzene rings is 2. The number of halogens is 2. The van der Waals surface area contributed by atoms with Gasteiger partial charge in [-0.15, -0.1) is 0 Å². The van der Waals surface area contributed by atoms with Gasteiger partial charge in [0.1, 0.15) is 12.4 Å². The van der Waals surface area contributed by atoms with Crippen LogP contribution in [-0.4, -0.2) is 32.9 Å². The lowest BCUT2D eigenvalue weighted by Crippen LogP contribution is -2.31. The summed E-state index contributed by atoms with van der Waals surface area (Å²) >= 11 is 11.6. The molecular formula is C15H15Cl2NO3S. The molecule has 0 amide bonds. The molecule has 0 aliphatic carbocycles. The molecule has 7 heteroatoms. The Kier molecular flexibility index (Phi) is 5.69. The van der Waals surface area contributed by atoms with Gasteiger partial charge in [0.25, 0.3) is 0 Å². The Hall–Kier alpha value is -1.27. The van der Waals surface area contributed by atoms with Crippen LogP contribution in [0, 0.1) is 0 Å². The Bertz CT molecular complexity index is 733. The van der Waals surface area contributed by atoms with Crippen molar-refractivity contribution in [3.63, 3.8) is 0 Å². The van der Waals surface area contributed by atoms with Crippen molar-refractivity contribution in [1.82, 2.24) is 4.31 Å². The molecule has 2 aromatic rings. The fourth-order valence-corrected chi connectivity index (χ4v) is 3.33. The van der Waals surface area contributed by atoms with Gasteiger partial charge in [-0.25, -0.2) is 8.42 Å². The Morgan fingerprint density at radius 1 is 1.05 bits per heavy atom. The Morgan fingerprint density at radius 3 is 2.36 bits per heavy atom. The number of nitrogens with zero attached hydrogens (tertiary/aromatic N) is 1. The Balaban J connectivity index is 1.96. The van der Waals surface area contributed by atoms with Crippen LogP contribution >= 0.6 is 23.2 Å². The van der Waals surface area contributed by atoms with Crippen LogP contribution in [0.4, 0.5) is 0 Å². The number of ether oxygens (including phenoxy) is 1. The summed E-state index contributed by atoms with van der Waals surface area (Å²) in [5.74, 6) is 0.637. The van der Waals surface area contributed by atoms with E-state index in [0.717, 1.165) is 0 Å². The number of likely N-dealkylation sites (N-methyl/N-ethyl adjacent to an activating group) is 1. The fraction of sp³-hybridized carbons (Fsp3) is 0.200. The van der Waals surface area contributed by atoms with Crippen molar-refractivity contribution in [3.8, 4) is 5.75 Å². The van der Waals surface area contributed by atoms with E-state index >= 15 is 0 Å². The van der Waals surface area contributed by atoms with E-state index in [-0.39, 0.29) is 18.0 Å². The summed E-state index contributed by atoms with van der Waals surface area (Å²) in [5, 5.41) is 1.000. The molecule has 0 unspecified atom stereocenters. The van der Waals surface area contributed by atoms with E-state index in [1.807, 2.05) is 0 Å². The average molecular weight is 360 g/mol. The average Bonchev–Trinajstić information content (AvgIpc) is 2.49. The van der Waals surface area contributed by atoms with Crippen LogP contribution in [-0.2, 0) is 10.0 Å². The zero-order valence-corrected chi connectivity index (χ0v) is 14.2. The van der Waals surface area contributed by atoms with Gasteiger partial charge in [-0.2, -0.15) is 4.31 Å². The van der Waals surface area contributed by atoms with Crippen molar-refractivity contribution in [3.05, 3.63) is 58.6 Å². The highest BCUT2D eigenvalue weighted by molar-refractivity contribution is 7.89. The summed E-state index contributed by atoms with van der Waals surface area (Å²) in [6.45, 7) is 0.454. The number of rotatable bonds is 6. The third-order valence-electron chi connectivity index (χ3n) is 2.99. The monoisotopic (exact) mass is 359 g/mol. The van der Waals surface area contributed by atoms with Crippen molar-refractivity contribution in [1.29, 1.82) is 0 Å². The Morgan fingerprint density at radius 2 is 1.73 bits per heavy atom. The van der Waals surface area contributed by atoms with E-state index in [9.17, 15) is 8.42 Å². The van der Waals surface area contributed by atoms with Gasteiger partial charge in [-0.3, -0.25) is 0 Å². The van der Waals surface area contributed by atoms with Crippen LogP contribution < -0.4 is 4.74 Å². The summed E-state index contributed by atoms with van der Waals surface area (Å²) in [4.78, 5) is 0.161. The van der Waals surface area contributed by atoms with Crippen molar-refractivity contribution >= 4 is 33.2 Å². The molecule has 0 aliphatic rings. The second-order valence-corrected chi connectivity index (χ2v) is 7.50. The van der Waals surface area contributed by atoms with E-state index in [1.54, 1.807) is 36.4 Å². The smallest absolute Gasteiger partial charge is 0.242 e. The van der Waals surface area contributed by atoms with Crippen LogP contribution in [0.15, 0.2) is 53.4 Å². The topological polar surface area (TPSA) is 46.6 Å². The zero-order valence-electron chi connectivity index (χ0n) is 11.9. The molecule has 0 atom stereocenters. The van der Waals surface area contributed by atoms with E-state index in [4.69, 9.17) is 27.9 Å². The first-order valence-corrected chi connectivity index (χ1v) is 8.69. The zero-order chi connectivity index (χ0) is 16.2. The van der Waals surface area contributed by atoms with Gasteiger partial charge in [0, 0.05) is 23.6 Å². The van der Waals surface area contributed by atoms with Crippen molar-refractivity contribution < 1.29 is 13.2 Å². The summed E-state index contributed by atoms with van der Waals surface area (Å²) < 4.78 is 31.5.